The van der Waals surface area contributed by atoms with Gasteiger partial charge in [-0.15, -0.1) is 0 Å². The normalized spacial score (nSPS) is 22.1. The standard InChI is InChI=1S/C13H19N3O/c1-11-9-13(17)16(8-4-7-14-11)10-12-5-2-3-6-15-12/h2-3,5-6,11,14H,4,7-10H2,1H3. The van der Waals surface area contributed by atoms with E-state index in [1.165, 1.54) is 0 Å². The second-order valence-electron chi connectivity index (χ2n) is 4.55. The fourth-order valence-corrected chi connectivity index (χ4v) is 2.06. The lowest BCUT2D eigenvalue weighted by molar-refractivity contribution is -0.132. The van der Waals surface area contributed by atoms with Crippen LogP contribution in [0.5, 0.6) is 0 Å². The largest absolute Gasteiger partial charge is 0.337 e. The Morgan fingerprint density at radius 3 is 3.18 bits per heavy atom. The molecule has 1 aromatic heterocycles. The highest BCUT2D eigenvalue weighted by Crippen LogP contribution is 2.08. The van der Waals surface area contributed by atoms with Crippen LogP contribution in [-0.2, 0) is 11.3 Å². The summed E-state index contributed by atoms with van der Waals surface area (Å²) in [5.74, 6) is 0.218. The third kappa shape index (κ3) is 3.53. The molecule has 1 aliphatic heterocycles. The molecule has 92 valence electrons. The second-order valence-corrected chi connectivity index (χ2v) is 4.55. The van der Waals surface area contributed by atoms with Gasteiger partial charge in [-0.1, -0.05) is 6.07 Å². The van der Waals surface area contributed by atoms with Gasteiger partial charge in [0.1, 0.15) is 0 Å². The SMILES string of the molecule is CC1CC(=O)N(Cc2ccccn2)CCCN1. The number of carbonyl (C=O) groups is 1. The van der Waals surface area contributed by atoms with Crippen molar-refractivity contribution in [2.24, 2.45) is 0 Å². The van der Waals surface area contributed by atoms with Crippen molar-refractivity contribution < 1.29 is 4.79 Å². The zero-order valence-electron chi connectivity index (χ0n) is 10.2. The summed E-state index contributed by atoms with van der Waals surface area (Å²) in [5.41, 5.74) is 0.960. The minimum absolute atomic E-state index is 0.218. The van der Waals surface area contributed by atoms with Crippen molar-refractivity contribution in [3.63, 3.8) is 0 Å². The third-order valence-corrected chi connectivity index (χ3v) is 3.01. The van der Waals surface area contributed by atoms with Crippen molar-refractivity contribution in [2.75, 3.05) is 13.1 Å². The summed E-state index contributed by atoms with van der Waals surface area (Å²) in [6, 6.07) is 6.09. The zero-order valence-corrected chi connectivity index (χ0v) is 10.2. The van der Waals surface area contributed by atoms with Crippen LogP contribution in [0.15, 0.2) is 24.4 Å². The van der Waals surface area contributed by atoms with Crippen molar-refractivity contribution in [1.29, 1.82) is 0 Å². The van der Waals surface area contributed by atoms with Crippen LogP contribution in [0.3, 0.4) is 0 Å². The van der Waals surface area contributed by atoms with E-state index >= 15 is 0 Å². The molecule has 1 aliphatic rings. The van der Waals surface area contributed by atoms with Crippen molar-refractivity contribution in [1.82, 2.24) is 15.2 Å². The van der Waals surface area contributed by atoms with E-state index < -0.39 is 0 Å². The van der Waals surface area contributed by atoms with Crippen LogP contribution < -0.4 is 5.32 Å². The molecule has 17 heavy (non-hydrogen) atoms. The molecule has 1 atom stereocenters. The van der Waals surface area contributed by atoms with Crippen LogP contribution in [0, 0.1) is 0 Å². The Bertz CT molecular complexity index is 366. The average molecular weight is 233 g/mol. The Morgan fingerprint density at radius 2 is 2.41 bits per heavy atom. The molecule has 1 aromatic rings. The van der Waals surface area contributed by atoms with E-state index in [9.17, 15) is 4.79 Å². The Hall–Kier alpha value is -1.42. The molecular weight excluding hydrogens is 214 g/mol. The maximum atomic E-state index is 12.0. The topological polar surface area (TPSA) is 45.2 Å². The Morgan fingerprint density at radius 1 is 1.53 bits per heavy atom. The van der Waals surface area contributed by atoms with Crippen LogP contribution in [0.1, 0.15) is 25.5 Å². The smallest absolute Gasteiger partial charge is 0.224 e. The molecule has 4 heteroatoms. The highest BCUT2D eigenvalue weighted by molar-refractivity contribution is 5.76. The number of pyridine rings is 1. The van der Waals surface area contributed by atoms with Crippen LogP contribution in [0.4, 0.5) is 0 Å². The van der Waals surface area contributed by atoms with Gasteiger partial charge in [0.05, 0.1) is 12.2 Å². The first-order chi connectivity index (χ1) is 8.25. The van der Waals surface area contributed by atoms with Crippen molar-refractivity contribution >= 4 is 5.91 Å². The van der Waals surface area contributed by atoms with Gasteiger partial charge in [0.15, 0.2) is 0 Å². The molecule has 0 spiro atoms. The van der Waals surface area contributed by atoms with Gasteiger partial charge in [-0.3, -0.25) is 9.78 Å². The molecular formula is C13H19N3O. The number of rotatable bonds is 2. The van der Waals surface area contributed by atoms with Gasteiger partial charge < -0.3 is 10.2 Å². The molecule has 2 heterocycles. The van der Waals surface area contributed by atoms with Gasteiger partial charge in [0.2, 0.25) is 5.91 Å². The summed E-state index contributed by atoms with van der Waals surface area (Å²) in [6.07, 6.45) is 3.35. The van der Waals surface area contributed by atoms with E-state index in [1.54, 1.807) is 6.20 Å². The lowest BCUT2D eigenvalue weighted by Gasteiger charge is -2.27. The summed E-state index contributed by atoms with van der Waals surface area (Å²) in [5, 5.41) is 3.34. The van der Waals surface area contributed by atoms with Crippen molar-refractivity contribution in [3.8, 4) is 0 Å². The predicted octanol–water partition coefficient (Wildman–Crippen LogP) is 1.18. The van der Waals surface area contributed by atoms with E-state index in [-0.39, 0.29) is 11.9 Å². The first-order valence-electron chi connectivity index (χ1n) is 6.17. The van der Waals surface area contributed by atoms with Gasteiger partial charge in [-0.05, 0) is 32.0 Å². The predicted molar refractivity (Wildman–Crippen MR) is 66.4 cm³/mol. The number of hydrogen-bond donors (Lipinski definition) is 1. The Kier molecular flexibility index (Phi) is 4.09. The number of amides is 1. The minimum atomic E-state index is 0.218. The van der Waals surface area contributed by atoms with Gasteiger partial charge >= 0.3 is 0 Å². The molecule has 0 aliphatic carbocycles. The van der Waals surface area contributed by atoms with E-state index in [2.05, 4.69) is 17.2 Å². The van der Waals surface area contributed by atoms with Gasteiger partial charge in [-0.25, -0.2) is 0 Å². The molecule has 1 unspecified atom stereocenters. The number of carbonyl (C=O) groups excluding carboxylic acids is 1. The quantitative estimate of drug-likeness (QED) is 0.834. The van der Waals surface area contributed by atoms with Crippen LogP contribution >= 0.6 is 0 Å². The maximum Gasteiger partial charge on any atom is 0.224 e. The van der Waals surface area contributed by atoms with E-state index in [0.29, 0.717) is 13.0 Å². The molecule has 4 nitrogen and oxygen atoms in total. The number of nitrogens with one attached hydrogen (secondary N) is 1. The summed E-state index contributed by atoms with van der Waals surface area (Å²) >= 11 is 0. The molecule has 2 rings (SSSR count). The lowest BCUT2D eigenvalue weighted by Crippen LogP contribution is -2.41. The molecule has 1 N–H and O–H groups in total. The highest BCUT2D eigenvalue weighted by Gasteiger charge is 2.19. The fraction of sp³-hybridized carbons (Fsp3) is 0.538. The molecule has 0 aromatic carbocycles. The third-order valence-electron chi connectivity index (χ3n) is 3.01. The zero-order chi connectivity index (χ0) is 12.1. The van der Waals surface area contributed by atoms with Gasteiger partial charge in [0, 0.05) is 25.2 Å². The van der Waals surface area contributed by atoms with E-state index in [1.807, 2.05) is 23.1 Å². The maximum absolute atomic E-state index is 12.0. The Balaban J connectivity index is 2.00. The second kappa shape index (κ2) is 5.77. The molecule has 0 radical (unpaired) electrons. The molecule has 1 amide bonds. The highest BCUT2D eigenvalue weighted by atomic mass is 16.2. The van der Waals surface area contributed by atoms with Crippen LogP contribution in [-0.4, -0.2) is 34.9 Å². The summed E-state index contributed by atoms with van der Waals surface area (Å²) in [6.45, 7) is 4.48. The fourth-order valence-electron chi connectivity index (χ4n) is 2.06. The Labute approximate surface area is 102 Å². The molecule has 1 fully saturated rings. The monoisotopic (exact) mass is 233 g/mol. The van der Waals surface area contributed by atoms with Crippen LogP contribution in [0.2, 0.25) is 0 Å². The summed E-state index contributed by atoms with van der Waals surface area (Å²) in [7, 11) is 0. The number of hydrogen-bond acceptors (Lipinski definition) is 3. The molecule has 0 bridgehead atoms. The summed E-state index contributed by atoms with van der Waals surface area (Å²) < 4.78 is 0. The summed E-state index contributed by atoms with van der Waals surface area (Å²) in [4.78, 5) is 18.2. The molecule has 0 saturated carbocycles. The van der Waals surface area contributed by atoms with Crippen LogP contribution in [0.25, 0.3) is 0 Å². The minimum Gasteiger partial charge on any atom is -0.337 e. The first kappa shape index (κ1) is 12.0. The average Bonchev–Trinajstić information content (AvgIpc) is 2.32. The lowest BCUT2D eigenvalue weighted by atomic mass is 10.1. The van der Waals surface area contributed by atoms with Crippen molar-refractivity contribution in [3.05, 3.63) is 30.1 Å². The van der Waals surface area contributed by atoms with Crippen molar-refractivity contribution in [2.45, 2.75) is 32.4 Å². The van der Waals surface area contributed by atoms with E-state index in [0.717, 1.165) is 25.2 Å². The first-order valence-corrected chi connectivity index (χ1v) is 6.17. The van der Waals surface area contributed by atoms with E-state index in [4.69, 9.17) is 0 Å². The van der Waals surface area contributed by atoms with Gasteiger partial charge in [0.25, 0.3) is 0 Å². The molecule has 1 saturated heterocycles. The van der Waals surface area contributed by atoms with Gasteiger partial charge in [-0.2, -0.15) is 0 Å². The number of aromatic nitrogens is 1. The number of nitrogens with zero attached hydrogens (tertiary/aromatic N) is 2.